The normalized spacial score (nSPS) is 21.9. The molecule has 22 heavy (non-hydrogen) atoms. The Morgan fingerprint density at radius 1 is 1.27 bits per heavy atom. The second-order valence-electron chi connectivity index (χ2n) is 5.43. The fourth-order valence-electron chi connectivity index (χ4n) is 2.61. The third-order valence-corrected chi connectivity index (χ3v) is 4.53. The lowest BCUT2D eigenvalue weighted by atomic mass is 10.1. The summed E-state index contributed by atoms with van der Waals surface area (Å²) in [6.45, 7) is 5.08. The van der Waals surface area contributed by atoms with Crippen LogP contribution in [0.15, 0.2) is 24.3 Å². The quantitative estimate of drug-likeness (QED) is 0.845. The third-order valence-electron chi connectivity index (χ3n) is 3.50. The number of benzene rings is 1. The van der Waals surface area contributed by atoms with Crippen molar-refractivity contribution in [2.45, 2.75) is 26.1 Å². The van der Waals surface area contributed by atoms with Crippen LogP contribution in [-0.2, 0) is 4.74 Å². The third kappa shape index (κ3) is 3.14. The molecule has 5 nitrogen and oxygen atoms in total. The van der Waals surface area contributed by atoms with Crippen molar-refractivity contribution in [1.29, 1.82) is 0 Å². The summed E-state index contributed by atoms with van der Waals surface area (Å²) in [6, 6.07) is 7.34. The van der Waals surface area contributed by atoms with Crippen LogP contribution in [0.4, 0.5) is 0 Å². The van der Waals surface area contributed by atoms with Gasteiger partial charge in [-0.05, 0) is 43.1 Å². The topological polar surface area (TPSA) is 55.3 Å². The van der Waals surface area contributed by atoms with Gasteiger partial charge in [-0.3, -0.25) is 4.79 Å². The number of carbonyl (C=O) groups is 1. The van der Waals surface area contributed by atoms with E-state index in [0.717, 1.165) is 10.4 Å². The van der Waals surface area contributed by atoms with E-state index < -0.39 is 0 Å². The van der Waals surface area contributed by atoms with Gasteiger partial charge in [0.15, 0.2) is 5.69 Å². The molecule has 1 saturated heterocycles. The zero-order chi connectivity index (χ0) is 15.7. The van der Waals surface area contributed by atoms with Crippen molar-refractivity contribution >= 4 is 29.0 Å². The van der Waals surface area contributed by atoms with E-state index in [-0.39, 0.29) is 18.1 Å². The summed E-state index contributed by atoms with van der Waals surface area (Å²) in [5.41, 5.74) is 1.30. The number of rotatable bonds is 2. The Labute approximate surface area is 138 Å². The van der Waals surface area contributed by atoms with Crippen molar-refractivity contribution in [2.75, 3.05) is 13.1 Å². The van der Waals surface area contributed by atoms with E-state index in [4.69, 9.17) is 16.3 Å². The first-order valence-electron chi connectivity index (χ1n) is 7.07. The SMILES string of the molecule is CC1CN(C(=O)c2nnsc2-c2ccc(Cl)cc2)CC(C)O1. The zero-order valence-electron chi connectivity index (χ0n) is 12.3. The smallest absolute Gasteiger partial charge is 0.276 e. The van der Waals surface area contributed by atoms with E-state index in [1.165, 1.54) is 11.5 Å². The molecular weight excluding hydrogens is 322 g/mol. The summed E-state index contributed by atoms with van der Waals surface area (Å²) in [4.78, 5) is 15.3. The maximum absolute atomic E-state index is 12.8. The van der Waals surface area contributed by atoms with Crippen LogP contribution in [0.3, 0.4) is 0 Å². The fourth-order valence-corrected chi connectivity index (χ4v) is 3.40. The highest BCUT2D eigenvalue weighted by Gasteiger charge is 2.29. The summed E-state index contributed by atoms with van der Waals surface area (Å²) < 4.78 is 9.62. The molecule has 1 aliphatic rings. The summed E-state index contributed by atoms with van der Waals surface area (Å²) in [5, 5.41) is 4.70. The van der Waals surface area contributed by atoms with E-state index in [1.807, 2.05) is 26.0 Å². The van der Waals surface area contributed by atoms with Gasteiger partial charge in [0.2, 0.25) is 0 Å². The largest absolute Gasteiger partial charge is 0.372 e. The number of halogens is 1. The molecule has 0 radical (unpaired) electrons. The molecule has 1 aliphatic heterocycles. The highest BCUT2D eigenvalue weighted by atomic mass is 35.5. The van der Waals surface area contributed by atoms with E-state index >= 15 is 0 Å². The minimum Gasteiger partial charge on any atom is -0.372 e. The van der Waals surface area contributed by atoms with Crippen LogP contribution in [0.2, 0.25) is 5.02 Å². The zero-order valence-corrected chi connectivity index (χ0v) is 13.9. The molecule has 0 spiro atoms. The molecule has 2 aromatic rings. The number of hydrogen-bond acceptors (Lipinski definition) is 5. The first-order valence-corrected chi connectivity index (χ1v) is 8.22. The van der Waals surface area contributed by atoms with E-state index in [2.05, 4.69) is 9.59 Å². The Kier molecular flexibility index (Phi) is 4.42. The van der Waals surface area contributed by atoms with Crippen LogP contribution in [0.25, 0.3) is 10.4 Å². The van der Waals surface area contributed by atoms with Gasteiger partial charge in [0.25, 0.3) is 5.91 Å². The molecule has 2 heterocycles. The maximum Gasteiger partial charge on any atom is 0.276 e. The summed E-state index contributed by atoms with van der Waals surface area (Å²) in [7, 11) is 0. The molecule has 7 heteroatoms. The Morgan fingerprint density at radius 3 is 2.55 bits per heavy atom. The van der Waals surface area contributed by atoms with E-state index in [0.29, 0.717) is 23.8 Å². The van der Waals surface area contributed by atoms with E-state index in [1.54, 1.807) is 17.0 Å². The molecule has 1 fully saturated rings. The number of nitrogens with zero attached hydrogens (tertiary/aromatic N) is 3. The van der Waals surface area contributed by atoms with Gasteiger partial charge in [0.1, 0.15) is 0 Å². The Morgan fingerprint density at radius 2 is 1.91 bits per heavy atom. The molecule has 0 bridgehead atoms. The van der Waals surface area contributed by atoms with Gasteiger partial charge >= 0.3 is 0 Å². The molecule has 116 valence electrons. The molecule has 0 N–H and O–H groups in total. The first-order chi connectivity index (χ1) is 10.5. The lowest BCUT2D eigenvalue weighted by molar-refractivity contribution is -0.0587. The van der Waals surface area contributed by atoms with Crippen molar-refractivity contribution in [2.24, 2.45) is 0 Å². The molecule has 3 rings (SSSR count). The Bertz CT molecular complexity index is 664. The minimum atomic E-state index is -0.0966. The van der Waals surface area contributed by atoms with Crippen molar-refractivity contribution < 1.29 is 9.53 Å². The molecule has 2 atom stereocenters. The van der Waals surface area contributed by atoms with Crippen LogP contribution in [0, 0.1) is 0 Å². The van der Waals surface area contributed by atoms with Crippen molar-refractivity contribution in [3.63, 3.8) is 0 Å². The summed E-state index contributed by atoms with van der Waals surface area (Å²) in [5.74, 6) is -0.0966. The Balaban J connectivity index is 1.88. The van der Waals surface area contributed by atoms with Crippen LogP contribution in [0.1, 0.15) is 24.3 Å². The number of morpholine rings is 1. The highest BCUT2D eigenvalue weighted by molar-refractivity contribution is 7.09. The molecule has 2 unspecified atom stereocenters. The number of carbonyl (C=O) groups excluding carboxylic acids is 1. The van der Waals surface area contributed by atoms with Crippen molar-refractivity contribution in [3.05, 3.63) is 35.0 Å². The average Bonchev–Trinajstić information content (AvgIpc) is 2.95. The predicted octanol–water partition coefficient (Wildman–Crippen LogP) is 3.11. The van der Waals surface area contributed by atoms with Crippen molar-refractivity contribution in [3.8, 4) is 10.4 Å². The molecule has 1 aromatic carbocycles. The second-order valence-corrected chi connectivity index (χ2v) is 6.62. The molecular formula is C15H16ClN3O2S. The van der Waals surface area contributed by atoms with Gasteiger partial charge in [0.05, 0.1) is 17.1 Å². The Hall–Kier alpha value is -1.50. The monoisotopic (exact) mass is 337 g/mol. The molecule has 0 aliphatic carbocycles. The fraction of sp³-hybridized carbons (Fsp3) is 0.400. The van der Waals surface area contributed by atoms with Crippen LogP contribution in [-0.4, -0.2) is 45.7 Å². The first kappa shape index (κ1) is 15.4. The number of hydrogen-bond donors (Lipinski definition) is 0. The summed E-state index contributed by atoms with van der Waals surface area (Å²) >= 11 is 7.13. The van der Waals surface area contributed by atoms with Crippen molar-refractivity contribution in [1.82, 2.24) is 14.5 Å². The summed E-state index contributed by atoms with van der Waals surface area (Å²) in [6.07, 6.45) is 0.0524. The lowest BCUT2D eigenvalue weighted by Crippen LogP contribution is -2.48. The van der Waals surface area contributed by atoms with Gasteiger partial charge in [-0.2, -0.15) is 0 Å². The molecule has 1 aromatic heterocycles. The second kappa shape index (κ2) is 6.32. The van der Waals surface area contributed by atoms with Crippen LogP contribution < -0.4 is 0 Å². The van der Waals surface area contributed by atoms with Crippen LogP contribution in [0.5, 0.6) is 0 Å². The number of ether oxygens (including phenoxy) is 1. The highest BCUT2D eigenvalue weighted by Crippen LogP contribution is 2.28. The lowest BCUT2D eigenvalue weighted by Gasteiger charge is -2.35. The average molecular weight is 338 g/mol. The van der Waals surface area contributed by atoms with Gasteiger partial charge in [-0.15, -0.1) is 5.10 Å². The number of amides is 1. The number of aromatic nitrogens is 2. The van der Waals surface area contributed by atoms with Gasteiger partial charge < -0.3 is 9.64 Å². The standard InChI is InChI=1S/C15H16ClN3O2S/c1-9-7-19(8-10(2)21-9)15(20)13-14(22-18-17-13)11-3-5-12(16)6-4-11/h3-6,9-10H,7-8H2,1-2H3. The van der Waals surface area contributed by atoms with Crippen LogP contribution >= 0.6 is 23.1 Å². The molecule has 0 saturated carbocycles. The van der Waals surface area contributed by atoms with E-state index in [9.17, 15) is 4.79 Å². The predicted molar refractivity (Wildman–Crippen MR) is 86.3 cm³/mol. The molecule has 1 amide bonds. The van der Waals surface area contributed by atoms with Gasteiger partial charge in [-0.25, -0.2) is 0 Å². The minimum absolute atomic E-state index is 0.0262. The van der Waals surface area contributed by atoms with Gasteiger partial charge in [-0.1, -0.05) is 28.2 Å². The van der Waals surface area contributed by atoms with Gasteiger partial charge in [0, 0.05) is 18.1 Å². The maximum atomic E-state index is 12.8.